The first-order chi connectivity index (χ1) is 22.8. The molecule has 0 aromatic heterocycles. The molecule has 0 aliphatic heterocycles. The lowest BCUT2D eigenvalue weighted by molar-refractivity contribution is -0.129. The van der Waals surface area contributed by atoms with Gasteiger partial charge in [0.2, 0.25) is 15.9 Å². The highest BCUT2D eigenvalue weighted by molar-refractivity contribution is 7.90. The van der Waals surface area contributed by atoms with Crippen molar-refractivity contribution in [1.29, 1.82) is 0 Å². The van der Waals surface area contributed by atoms with Crippen LogP contribution in [0.3, 0.4) is 0 Å². The predicted molar refractivity (Wildman–Crippen MR) is 182 cm³/mol. The molecule has 0 saturated heterocycles. The Hall–Kier alpha value is -3.27. The van der Waals surface area contributed by atoms with Crippen LogP contribution >= 0.6 is 0 Å². The van der Waals surface area contributed by atoms with E-state index >= 15 is 4.39 Å². The first-order valence-electron chi connectivity index (χ1n) is 17.5. The van der Waals surface area contributed by atoms with Crippen molar-refractivity contribution in [3.8, 4) is 16.9 Å². The van der Waals surface area contributed by atoms with Crippen molar-refractivity contribution >= 4 is 21.8 Å². The van der Waals surface area contributed by atoms with Crippen molar-refractivity contribution < 1.29 is 31.5 Å². The molecule has 0 bridgehead atoms. The van der Waals surface area contributed by atoms with Crippen molar-refractivity contribution in [2.24, 2.45) is 17.3 Å². The summed E-state index contributed by atoms with van der Waals surface area (Å²) in [4.78, 5) is 27.1. The highest BCUT2D eigenvalue weighted by Crippen LogP contribution is 2.46. The van der Waals surface area contributed by atoms with Crippen LogP contribution in [0.4, 0.5) is 8.78 Å². The molecule has 260 valence electrons. The average Bonchev–Trinajstić information content (AvgIpc) is 3.61. The van der Waals surface area contributed by atoms with E-state index in [1.54, 1.807) is 30.3 Å². The summed E-state index contributed by atoms with van der Waals surface area (Å²) < 4.78 is 64.1. The maximum atomic E-state index is 15.5. The highest BCUT2D eigenvalue weighted by Gasteiger charge is 2.39. The van der Waals surface area contributed by atoms with Crippen molar-refractivity contribution in [3.63, 3.8) is 0 Å². The Kier molecular flexibility index (Phi) is 10.0. The fourth-order valence-corrected chi connectivity index (χ4v) is 9.23. The largest absolute Gasteiger partial charge is 0.490 e. The first-order valence-corrected chi connectivity index (χ1v) is 19.2. The quantitative estimate of drug-likeness (QED) is 0.250. The van der Waals surface area contributed by atoms with Crippen LogP contribution in [-0.4, -0.2) is 44.3 Å². The second-order valence-corrected chi connectivity index (χ2v) is 17.1. The van der Waals surface area contributed by atoms with Gasteiger partial charge in [-0.2, -0.15) is 0 Å². The summed E-state index contributed by atoms with van der Waals surface area (Å²) in [5.41, 5.74) is 1.99. The van der Waals surface area contributed by atoms with Gasteiger partial charge in [-0.3, -0.25) is 9.59 Å². The summed E-state index contributed by atoms with van der Waals surface area (Å²) in [6.07, 6.45) is 8.03. The van der Waals surface area contributed by atoms with E-state index in [0.717, 1.165) is 44.9 Å². The molecule has 0 heterocycles. The number of rotatable bonds is 10. The van der Waals surface area contributed by atoms with E-state index in [9.17, 15) is 22.4 Å². The van der Waals surface area contributed by atoms with E-state index in [1.165, 1.54) is 12.1 Å². The van der Waals surface area contributed by atoms with Crippen molar-refractivity contribution in [2.75, 3.05) is 5.75 Å². The third-order valence-electron chi connectivity index (χ3n) is 11.0. The number of hydrogen-bond acceptors (Lipinski definition) is 5. The molecule has 0 radical (unpaired) electrons. The van der Waals surface area contributed by atoms with Crippen LogP contribution < -0.4 is 14.8 Å². The normalized spacial score (nSPS) is 27.2. The topological polar surface area (TPSA) is 102 Å². The van der Waals surface area contributed by atoms with Crippen molar-refractivity contribution in [3.05, 3.63) is 65.0 Å². The second kappa shape index (κ2) is 13.9. The maximum Gasteiger partial charge on any atom is 0.265 e. The van der Waals surface area contributed by atoms with E-state index in [4.69, 9.17) is 4.74 Å². The molecule has 48 heavy (non-hydrogen) atoms. The minimum atomic E-state index is -4.13. The van der Waals surface area contributed by atoms with Gasteiger partial charge in [0.15, 0.2) is 0 Å². The fourth-order valence-electron chi connectivity index (χ4n) is 8.04. The third kappa shape index (κ3) is 7.79. The van der Waals surface area contributed by atoms with Crippen LogP contribution in [0.25, 0.3) is 11.1 Å². The second-order valence-electron chi connectivity index (χ2n) is 15.3. The molecule has 2 N–H and O–H groups in total. The lowest BCUT2D eigenvalue weighted by atomic mass is 9.67. The van der Waals surface area contributed by atoms with Gasteiger partial charge in [-0.15, -0.1) is 0 Å². The molecule has 2 unspecified atom stereocenters. The number of alkyl halides is 1. The average molecular weight is 683 g/mol. The Morgan fingerprint density at radius 3 is 2.52 bits per heavy atom. The van der Waals surface area contributed by atoms with Crippen LogP contribution in [0.2, 0.25) is 0 Å². The molecule has 2 aromatic carbocycles. The number of hydrogen-bond donors (Lipinski definition) is 2. The number of allylic oxidation sites excluding steroid dienone is 1. The number of carbonyl (C=O) groups is 2. The molecule has 0 spiro atoms. The highest BCUT2D eigenvalue weighted by atomic mass is 32.2. The predicted octanol–water partition coefficient (Wildman–Crippen LogP) is 7.76. The molecule has 3 fully saturated rings. The number of ether oxygens (including phenoxy) is 1. The summed E-state index contributed by atoms with van der Waals surface area (Å²) in [7, 11) is -4.13. The zero-order chi connectivity index (χ0) is 34.2. The van der Waals surface area contributed by atoms with Gasteiger partial charge >= 0.3 is 0 Å². The van der Waals surface area contributed by atoms with Gasteiger partial charge in [0.1, 0.15) is 23.8 Å². The molecular formula is C38H48F2N2O5S. The summed E-state index contributed by atoms with van der Waals surface area (Å²) in [5.74, 6) is -0.933. The van der Waals surface area contributed by atoms with Gasteiger partial charge in [-0.25, -0.2) is 21.9 Å². The van der Waals surface area contributed by atoms with Crippen LogP contribution in [0.1, 0.15) is 113 Å². The lowest BCUT2D eigenvalue weighted by Crippen LogP contribution is -2.43. The van der Waals surface area contributed by atoms with Gasteiger partial charge in [-0.1, -0.05) is 57.0 Å². The van der Waals surface area contributed by atoms with Gasteiger partial charge in [-0.05, 0) is 97.9 Å². The van der Waals surface area contributed by atoms with E-state index in [-0.39, 0.29) is 59.5 Å². The van der Waals surface area contributed by atoms with Crippen LogP contribution in [0, 0.1) is 23.1 Å². The Balaban J connectivity index is 1.25. The van der Waals surface area contributed by atoms with E-state index in [2.05, 4.69) is 30.8 Å². The molecule has 7 nitrogen and oxygen atoms in total. The van der Waals surface area contributed by atoms with Crippen LogP contribution in [-0.2, 0) is 14.8 Å². The van der Waals surface area contributed by atoms with Crippen molar-refractivity contribution in [2.45, 2.75) is 116 Å². The molecule has 10 heteroatoms. The number of halogens is 2. The summed E-state index contributed by atoms with van der Waals surface area (Å²) in [6.45, 7) is 6.61. The van der Waals surface area contributed by atoms with Gasteiger partial charge in [0, 0.05) is 30.4 Å². The van der Waals surface area contributed by atoms with E-state index in [1.807, 2.05) is 0 Å². The molecular weight excluding hydrogens is 634 g/mol. The molecule has 4 aliphatic carbocycles. The fraction of sp³-hybridized carbons (Fsp3) is 0.579. The van der Waals surface area contributed by atoms with Crippen LogP contribution in [0.15, 0.2) is 48.0 Å². The molecule has 3 saturated carbocycles. The number of amides is 2. The molecule has 4 aliphatic rings. The van der Waals surface area contributed by atoms with Gasteiger partial charge in [0.05, 0.1) is 11.3 Å². The minimum absolute atomic E-state index is 0.0184. The summed E-state index contributed by atoms with van der Waals surface area (Å²) in [6, 6.07) is 9.62. The lowest BCUT2D eigenvalue weighted by Gasteiger charge is -2.39. The zero-order valence-corrected chi connectivity index (χ0v) is 29.0. The van der Waals surface area contributed by atoms with Gasteiger partial charge in [0.25, 0.3) is 5.91 Å². The monoisotopic (exact) mass is 682 g/mol. The van der Waals surface area contributed by atoms with E-state index in [0.29, 0.717) is 46.8 Å². The van der Waals surface area contributed by atoms with E-state index < -0.39 is 27.9 Å². The Morgan fingerprint density at radius 1 is 1.04 bits per heavy atom. The smallest absolute Gasteiger partial charge is 0.265 e. The van der Waals surface area contributed by atoms with Crippen molar-refractivity contribution in [1.82, 2.24) is 10.0 Å². The molecule has 2 amide bonds. The van der Waals surface area contributed by atoms with Gasteiger partial charge < -0.3 is 10.1 Å². The molecule has 2 aromatic rings. The van der Waals surface area contributed by atoms with Crippen LogP contribution in [0.5, 0.6) is 5.75 Å². The third-order valence-corrected chi connectivity index (χ3v) is 12.2. The number of sulfonamides is 1. The maximum absolute atomic E-state index is 15.5. The molecule has 5 atom stereocenters. The SMILES string of the molecule is CC1CCC(C)(C)C[C@H]1C(=O)N[C@@H]1CC[C@@H](Oc2cccc(C(=O)NS(=O)(=O)CC3=CCC(F)C3)c2-c2cccc(F)c2C2CCC2)C1. The zero-order valence-electron chi connectivity index (χ0n) is 28.2. The first kappa shape index (κ1) is 34.6. The summed E-state index contributed by atoms with van der Waals surface area (Å²) >= 11 is 0. The minimum Gasteiger partial charge on any atom is -0.490 e. The summed E-state index contributed by atoms with van der Waals surface area (Å²) in [5, 5.41) is 3.29. The number of carbonyl (C=O) groups excluding carboxylic acids is 2. The molecule has 6 rings (SSSR count). The Morgan fingerprint density at radius 2 is 1.81 bits per heavy atom. The Bertz CT molecular complexity index is 1690. The number of nitrogens with one attached hydrogen (secondary N) is 2. The standard InChI is InChI=1S/C38H48F2N2O5S/c1-23-17-18-38(2,3)21-31(23)36(43)41-27-15-16-28(20-27)47-33-12-6-10-30(37(44)42-48(45,46)22-24-13-14-26(39)19-24)35(33)29-9-5-11-32(40)34(29)25-7-4-8-25/h5-6,9-13,23,25-28,31H,4,7-8,14-22H2,1-3H3,(H,41,43)(H,42,44)/t23?,26?,27-,28-,31-/m1/s1. The Labute approximate surface area is 283 Å². The number of benzene rings is 2.